The fourth-order valence-corrected chi connectivity index (χ4v) is 3.67. The second-order valence-corrected chi connectivity index (χ2v) is 7.74. The summed E-state index contributed by atoms with van der Waals surface area (Å²) in [5.41, 5.74) is 2.64. The molecule has 1 amide bonds. The van der Waals surface area contributed by atoms with Crippen molar-refractivity contribution in [2.45, 2.75) is 19.4 Å². The lowest BCUT2D eigenvalue weighted by Gasteiger charge is -2.25. The molecule has 2 aromatic rings. The molecule has 0 bridgehead atoms. The van der Waals surface area contributed by atoms with Gasteiger partial charge in [-0.3, -0.25) is 4.79 Å². The molecular weight excluding hydrogens is 388 g/mol. The van der Waals surface area contributed by atoms with Crippen LogP contribution in [0.25, 0.3) is 0 Å². The normalized spacial score (nSPS) is 15.2. The number of likely N-dealkylation sites (N-methyl/N-ethyl adjacent to an activating group) is 1. The number of halogens is 1. The molecule has 1 fully saturated rings. The van der Waals surface area contributed by atoms with Crippen LogP contribution in [-0.4, -0.2) is 50.6 Å². The molecule has 2 N–H and O–H groups in total. The maximum atomic E-state index is 12.4. The van der Waals surface area contributed by atoms with E-state index in [-0.39, 0.29) is 12.3 Å². The molecule has 0 spiro atoms. The van der Waals surface area contributed by atoms with Crippen molar-refractivity contribution in [2.75, 3.05) is 49.7 Å². The van der Waals surface area contributed by atoms with Gasteiger partial charge in [0.05, 0.1) is 36.0 Å². The Labute approximate surface area is 177 Å². The number of hydrogen-bond donors (Lipinski definition) is 1. The third-order valence-corrected chi connectivity index (χ3v) is 5.41. The summed E-state index contributed by atoms with van der Waals surface area (Å²) in [5.74, 6) is 5.81. The van der Waals surface area contributed by atoms with Gasteiger partial charge in [-0.2, -0.15) is 0 Å². The van der Waals surface area contributed by atoms with Crippen molar-refractivity contribution in [3.05, 3.63) is 59.1 Å². The van der Waals surface area contributed by atoms with E-state index in [1.54, 1.807) is 6.07 Å². The molecule has 156 valence electrons. The van der Waals surface area contributed by atoms with Crippen molar-refractivity contribution in [1.82, 2.24) is 4.90 Å². The van der Waals surface area contributed by atoms with Gasteiger partial charge in [-0.15, -0.1) is 0 Å². The summed E-state index contributed by atoms with van der Waals surface area (Å²) in [6, 6.07) is 15.4. The van der Waals surface area contributed by atoms with Crippen molar-refractivity contribution in [3.63, 3.8) is 0 Å². The smallest absolute Gasteiger partial charge is 0.243 e. The van der Waals surface area contributed by atoms with Crippen LogP contribution in [0.15, 0.2) is 48.5 Å². The quantitative estimate of drug-likeness (QED) is 0.325. The van der Waals surface area contributed by atoms with Gasteiger partial charge in [-0.1, -0.05) is 41.9 Å². The zero-order valence-corrected chi connectivity index (χ0v) is 17.6. The van der Waals surface area contributed by atoms with Crippen LogP contribution >= 0.6 is 11.6 Å². The highest BCUT2D eigenvalue weighted by Gasteiger charge is 2.18. The minimum atomic E-state index is -0.210. The van der Waals surface area contributed by atoms with E-state index in [0.29, 0.717) is 23.9 Å². The van der Waals surface area contributed by atoms with E-state index in [2.05, 4.69) is 16.8 Å². The Bertz CT molecular complexity index is 803. The monoisotopic (exact) mass is 416 g/mol. The van der Waals surface area contributed by atoms with E-state index < -0.39 is 0 Å². The molecule has 0 unspecified atom stereocenters. The van der Waals surface area contributed by atoms with E-state index >= 15 is 0 Å². The van der Waals surface area contributed by atoms with Crippen LogP contribution in [-0.2, 0) is 16.1 Å². The number of hydrogen-bond acceptors (Lipinski definition) is 5. The van der Waals surface area contributed by atoms with Gasteiger partial charge >= 0.3 is 0 Å². The number of carbonyl (C=O) groups is 1. The van der Waals surface area contributed by atoms with Crippen LogP contribution < -0.4 is 15.8 Å². The number of rotatable bonds is 7. The highest BCUT2D eigenvalue weighted by molar-refractivity contribution is 6.33. The molecular formula is C22H29ClN4O2. The van der Waals surface area contributed by atoms with Crippen LogP contribution in [0.1, 0.15) is 18.4 Å². The number of nitrogens with two attached hydrogens (primary N) is 1. The fraction of sp³-hybridized carbons (Fsp3) is 0.409. The summed E-state index contributed by atoms with van der Waals surface area (Å²) >= 11 is 6.52. The molecule has 1 aliphatic rings. The molecule has 1 aliphatic heterocycles. The lowest BCUT2D eigenvalue weighted by Crippen LogP contribution is -2.38. The predicted octanol–water partition coefficient (Wildman–Crippen LogP) is 3.30. The average molecular weight is 417 g/mol. The maximum absolute atomic E-state index is 12.4. The third kappa shape index (κ3) is 6.18. The van der Waals surface area contributed by atoms with Gasteiger partial charge in [0.25, 0.3) is 0 Å². The van der Waals surface area contributed by atoms with Crippen LogP contribution in [0.5, 0.6) is 0 Å². The van der Waals surface area contributed by atoms with Gasteiger partial charge in [0.15, 0.2) is 0 Å². The highest BCUT2D eigenvalue weighted by atomic mass is 35.5. The maximum Gasteiger partial charge on any atom is 0.243 e. The average Bonchev–Trinajstić information content (AvgIpc) is 2.95. The predicted molar refractivity (Wildman–Crippen MR) is 118 cm³/mol. The number of ether oxygens (including phenoxy) is 1. The summed E-state index contributed by atoms with van der Waals surface area (Å²) in [5, 5.41) is 1.76. The minimum Gasteiger partial charge on any atom is -0.376 e. The molecule has 3 rings (SSSR count). The third-order valence-electron chi connectivity index (χ3n) is 5.11. The summed E-state index contributed by atoms with van der Waals surface area (Å²) in [7, 11) is 2.13. The van der Waals surface area contributed by atoms with Gasteiger partial charge in [-0.25, -0.2) is 10.9 Å². The topological polar surface area (TPSA) is 62.0 Å². The van der Waals surface area contributed by atoms with E-state index in [4.69, 9.17) is 22.2 Å². The van der Waals surface area contributed by atoms with Crippen LogP contribution in [0.4, 0.5) is 11.4 Å². The number of amides is 1. The van der Waals surface area contributed by atoms with Gasteiger partial charge in [0, 0.05) is 19.6 Å². The van der Waals surface area contributed by atoms with Gasteiger partial charge < -0.3 is 14.5 Å². The number of carbonyl (C=O) groups excluding carboxylic acids is 1. The van der Waals surface area contributed by atoms with Crippen molar-refractivity contribution in [2.24, 2.45) is 5.84 Å². The minimum absolute atomic E-state index is 0.209. The first kappa shape index (κ1) is 21.6. The molecule has 0 aliphatic carbocycles. The largest absolute Gasteiger partial charge is 0.376 e. The molecule has 2 aromatic carbocycles. The second kappa shape index (κ2) is 10.6. The Morgan fingerprint density at radius 3 is 2.69 bits per heavy atom. The standard InChI is InChI=1S/C22H29ClN4O2/c1-25-11-5-12-26(14-13-25)21-9-8-19(16-20(21)23)27(24)22(28)10-15-29-17-18-6-3-2-4-7-18/h2-4,6-9,16H,5,10-15,17,24H2,1H3. The SMILES string of the molecule is CN1CCCN(c2ccc(N(N)C(=O)CCOCc3ccccc3)cc2Cl)CC1. The molecule has 1 heterocycles. The van der Waals surface area contributed by atoms with E-state index in [1.165, 1.54) is 0 Å². The Morgan fingerprint density at radius 1 is 1.14 bits per heavy atom. The van der Waals surface area contributed by atoms with Crippen molar-refractivity contribution in [1.29, 1.82) is 0 Å². The summed E-state index contributed by atoms with van der Waals surface area (Å²) < 4.78 is 5.58. The second-order valence-electron chi connectivity index (χ2n) is 7.33. The zero-order valence-electron chi connectivity index (χ0n) is 16.9. The number of nitrogens with zero attached hydrogens (tertiary/aromatic N) is 3. The first-order valence-electron chi connectivity index (χ1n) is 9.97. The fourth-order valence-electron chi connectivity index (χ4n) is 3.38. The van der Waals surface area contributed by atoms with Crippen molar-refractivity contribution in [3.8, 4) is 0 Å². The number of hydrazine groups is 1. The molecule has 0 atom stereocenters. The lowest BCUT2D eigenvalue weighted by molar-refractivity contribution is -0.119. The van der Waals surface area contributed by atoms with Crippen LogP contribution in [0.3, 0.4) is 0 Å². The van der Waals surface area contributed by atoms with Crippen molar-refractivity contribution < 1.29 is 9.53 Å². The molecule has 0 aromatic heterocycles. The van der Waals surface area contributed by atoms with E-state index in [9.17, 15) is 4.79 Å². The Balaban J connectivity index is 1.52. The summed E-state index contributed by atoms with van der Waals surface area (Å²) in [4.78, 5) is 17.0. The first-order valence-corrected chi connectivity index (χ1v) is 10.3. The van der Waals surface area contributed by atoms with E-state index in [1.807, 2.05) is 42.5 Å². The Morgan fingerprint density at radius 2 is 1.93 bits per heavy atom. The Hall–Kier alpha value is -2.12. The van der Waals surface area contributed by atoms with Crippen molar-refractivity contribution >= 4 is 28.9 Å². The first-order chi connectivity index (χ1) is 14.0. The van der Waals surface area contributed by atoms with Gasteiger partial charge in [0.1, 0.15) is 0 Å². The molecule has 0 radical (unpaired) electrons. The van der Waals surface area contributed by atoms with Gasteiger partial charge in [0.2, 0.25) is 5.91 Å². The number of benzene rings is 2. The lowest BCUT2D eigenvalue weighted by atomic mass is 10.2. The molecule has 29 heavy (non-hydrogen) atoms. The summed E-state index contributed by atoms with van der Waals surface area (Å²) in [6.07, 6.45) is 1.31. The molecule has 7 heteroatoms. The number of anilines is 2. The molecule has 1 saturated heterocycles. The van der Waals surface area contributed by atoms with Crippen LogP contribution in [0, 0.1) is 0 Å². The van der Waals surface area contributed by atoms with Gasteiger partial charge in [-0.05, 0) is 43.8 Å². The zero-order chi connectivity index (χ0) is 20.6. The van der Waals surface area contributed by atoms with E-state index in [0.717, 1.165) is 48.9 Å². The Kier molecular flexibility index (Phi) is 7.89. The molecule has 0 saturated carbocycles. The summed E-state index contributed by atoms with van der Waals surface area (Å²) in [6.45, 7) is 4.78. The molecule has 6 nitrogen and oxygen atoms in total. The highest BCUT2D eigenvalue weighted by Crippen LogP contribution is 2.30. The van der Waals surface area contributed by atoms with Crippen LogP contribution in [0.2, 0.25) is 5.02 Å².